The highest BCUT2D eigenvalue weighted by molar-refractivity contribution is 5.84. The minimum atomic E-state index is -0.270. The highest BCUT2D eigenvalue weighted by Crippen LogP contribution is 2.47. The second-order valence-electron chi connectivity index (χ2n) is 7.49. The monoisotopic (exact) mass is 402 g/mol. The Morgan fingerprint density at radius 1 is 1.17 bits per heavy atom. The van der Waals surface area contributed by atoms with Gasteiger partial charge in [-0.2, -0.15) is 0 Å². The van der Waals surface area contributed by atoms with Gasteiger partial charge in [0.15, 0.2) is 0 Å². The zero-order valence-corrected chi connectivity index (χ0v) is 17.0. The SMILES string of the molecule is Cc1ccc(N2c3cc(OCCCCC(N)=O)ccc3NC2c2cccnc2)cc1. The third-order valence-electron chi connectivity index (χ3n) is 5.18. The van der Waals surface area contributed by atoms with Gasteiger partial charge in [0.2, 0.25) is 5.91 Å². The van der Waals surface area contributed by atoms with E-state index in [1.54, 1.807) is 6.20 Å². The summed E-state index contributed by atoms with van der Waals surface area (Å²) in [5.41, 5.74) is 10.7. The van der Waals surface area contributed by atoms with Crippen LogP contribution in [0.25, 0.3) is 0 Å². The number of carbonyl (C=O) groups is 1. The fourth-order valence-electron chi connectivity index (χ4n) is 3.63. The van der Waals surface area contributed by atoms with Crippen LogP contribution in [-0.4, -0.2) is 17.5 Å². The lowest BCUT2D eigenvalue weighted by molar-refractivity contribution is -0.118. The number of pyridine rings is 1. The standard InChI is InChI=1S/C24H26N4O2/c1-17-7-9-19(10-8-17)28-22-15-20(30-14-3-2-6-23(25)29)11-12-21(22)27-24(28)18-5-4-13-26-16-18/h4-5,7-13,15-16,24,27H,2-3,6,14H2,1H3,(H2,25,29). The summed E-state index contributed by atoms with van der Waals surface area (Å²) in [6.45, 7) is 2.64. The summed E-state index contributed by atoms with van der Waals surface area (Å²) in [5, 5.41) is 3.61. The van der Waals surface area contributed by atoms with Crippen molar-refractivity contribution in [1.29, 1.82) is 0 Å². The molecule has 3 N–H and O–H groups in total. The number of nitrogens with two attached hydrogens (primary N) is 1. The fourth-order valence-corrected chi connectivity index (χ4v) is 3.63. The highest BCUT2D eigenvalue weighted by Gasteiger charge is 2.31. The molecule has 1 aromatic heterocycles. The van der Waals surface area contributed by atoms with E-state index >= 15 is 0 Å². The number of unbranched alkanes of at least 4 members (excludes halogenated alkanes) is 1. The Morgan fingerprint density at radius 2 is 2.00 bits per heavy atom. The van der Waals surface area contributed by atoms with Crippen LogP contribution in [0.5, 0.6) is 5.75 Å². The largest absolute Gasteiger partial charge is 0.494 e. The maximum atomic E-state index is 10.9. The predicted octanol–water partition coefficient (Wildman–Crippen LogP) is 4.69. The van der Waals surface area contributed by atoms with Crippen molar-refractivity contribution in [3.63, 3.8) is 0 Å². The van der Waals surface area contributed by atoms with Gasteiger partial charge in [-0.05, 0) is 50.1 Å². The Bertz CT molecular complexity index is 1010. The lowest BCUT2D eigenvalue weighted by Crippen LogP contribution is -2.23. The van der Waals surface area contributed by atoms with Gasteiger partial charge in [0.05, 0.1) is 18.0 Å². The smallest absolute Gasteiger partial charge is 0.217 e. The fraction of sp³-hybridized carbons (Fsp3) is 0.250. The number of hydrogen-bond donors (Lipinski definition) is 2. The Labute approximate surface area is 176 Å². The van der Waals surface area contributed by atoms with Crippen molar-refractivity contribution in [2.75, 3.05) is 16.8 Å². The Morgan fingerprint density at radius 3 is 2.73 bits per heavy atom. The lowest BCUT2D eigenvalue weighted by Gasteiger charge is -2.27. The second-order valence-corrected chi connectivity index (χ2v) is 7.49. The molecule has 6 heteroatoms. The van der Waals surface area contributed by atoms with Gasteiger partial charge in [-0.1, -0.05) is 23.8 Å². The first-order chi connectivity index (χ1) is 14.6. The third kappa shape index (κ3) is 4.38. The molecular formula is C24H26N4O2. The molecule has 2 aromatic carbocycles. The lowest BCUT2D eigenvalue weighted by atomic mass is 10.1. The molecule has 1 unspecified atom stereocenters. The molecule has 154 valence electrons. The number of aryl methyl sites for hydroxylation is 1. The van der Waals surface area contributed by atoms with Crippen molar-refractivity contribution in [2.24, 2.45) is 5.73 Å². The van der Waals surface area contributed by atoms with E-state index in [1.807, 2.05) is 24.4 Å². The maximum absolute atomic E-state index is 10.9. The van der Waals surface area contributed by atoms with E-state index in [9.17, 15) is 4.79 Å². The van der Waals surface area contributed by atoms with Crippen LogP contribution in [0.4, 0.5) is 17.1 Å². The van der Waals surface area contributed by atoms with E-state index in [1.165, 1.54) is 5.56 Å². The topological polar surface area (TPSA) is 80.5 Å². The van der Waals surface area contributed by atoms with E-state index in [0.29, 0.717) is 13.0 Å². The summed E-state index contributed by atoms with van der Waals surface area (Å²) in [7, 11) is 0. The van der Waals surface area contributed by atoms with Crippen LogP contribution in [0.1, 0.15) is 36.6 Å². The summed E-state index contributed by atoms with van der Waals surface area (Å²) in [4.78, 5) is 17.4. The zero-order chi connectivity index (χ0) is 20.9. The Hall–Kier alpha value is -3.54. The van der Waals surface area contributed by atoms with E-state index in [4.69, 9.17) is 10.5 Å². The summed E-state index contributed by atoms with van der Waals surface area (Å²) in [6, 6.07) is 18.6. The van der Waals surface area contributed by atoms with Crippen LogP contribution in [0.15, 0.2) is 67.0 Å². The summed E-state index contributed by atoms with van der Waals surface area (Å²) < 4.78 is 5.94. The number of primary amides is 1. The summed E-state index contributed by atoms with van der Waals surface area (Å²) >= 11 is 0. The number of nitrogens with one attached hydrogen (secondary N) is 1. The van der Waals surface area contributed by atoms with Crippen molar-refractivity contribution in [3.8, 4) is 5.75 Å². The molecule has 30 heavy (non-hydrogen) atoms. The Balaban J connectivity index is 1.59. The number of fused-ring (bicyclic) bond motifs is 1. The van der Waals surface area contributed by atoms with Crippen LogP contribution in [0.3, 0.4) is 0 Å². The van der Waals surface area contributed by atoms with E-state index < -0.39 is 0 Å². The average molecular weight is 402 g/mol. The van der Waals surface area contributed by atoms with Crippen molar-refractivity contribution in [2.45, 2.75) is 32.4 Å². The minimum absolute atomic E-state index is 0.0535. The van der Waals surface area contributed by atoms with Gasteiger partial charge < -0.3 is 20.7 Å². The molecule has 0 saturated carbocycles. The number of carbonyl (C=O) groups excluding carboxylic acids is 1. The Kier molecular flexibility index (Phi) is 5.84. The van der Waals surface area contributed by atoms with Crippen LogP contribution in [-0.2, 0) is 4.79 Å². The number of ether oxygens (including phenoxy) is 1. The molecule has 2 heterocycles. The van der Waals surface area contributed by atoms with Crippen molar-refractivity contribution < 1.29 is 9.53 Å². The van der Waals surface area contributed by atoms with E-state index in [2.05, 4.69) is 58.5 Å². The molecule has 3 aromatic rings. The van der Waals surface area contributed by atoms with Gasteiger partial charge in [-0.25, -0.2) is 0 Å². The number of amides is 1. The minimum Gasteiger partial charge on any atom is -0.494 e. The molecule has 1 aliphatic rings. The number of anilines is 3. The molecule has 6 nitrogen and oxygen atoms in total. The molecule has 0 aliphatic carbocycles. The molecule has 1 atom stereocenters. The quantitative estimate of drug-likeness (QED) is 0.535. The number of aromatic nitrogens is 1. The van der Waals surface area contributed by atoms with Crippen molar-refractivity contribution in [1.82, 2.24) is 4.98 Å². The number of rotatable bonds is 8. The summed E-state index contributed by atoms with van der Waals surface area (Å²) in [5.74, 6) is 0.535. The van der Waals surface area contributed by atoms with Gasteiger partial charge in [0.25, 0.3) is 0 Å². The summed E-state index contributed by atoms with van der Waals surface area (Å²) in [6.07, 6.45) is 5.54. The maximum Gasteiger partial charge on any atom is 0.217 e. The van der Waals surface area contributed by atoms with Crippen LogP contribution in [0.2, 0.25) is 0 Å². The van der Waals surface area contributed by atoms with E-state index in [-0.39, 0.29) is 12.1 Å². The van der Waals surface area contributed by atoms with Gasteiger partial charge in [0, 0.05) is 36.1 Å². The average Bonchev–Trinajstić information content (AvgIpc) is 3.13. The van der Waals surface area contributed by atoms with Gasteiger partial charge in [-0.3, -0.25) is 9.78 Å². The number of hydrogen-bond acceptors (Lipinski definition) is 5. The molecular weight excluding hydrogens is 376 g/mol. The molecule has 1 aliphatic heterocycles. The first kappa shape index (κ1) is 19.8. The van der Waals surface area contributed by atoms with Crippen LogP contribution >= 0.6 is 0 Å². The third-order valence-corrected chi connectivity index (χ3v) is 5.18. The second kappa shape index (κ2) is 8.86. The van der Waals surface area contributed by atoms with Gasteiger partial charge in [0.1, 0.15) is 11.9 Å². The normalized spacial score (nSPS) is 14.8. The molecule has 4 rings (SSSR count). The van der Waals surface area contributed by atoms with E-state index in [0.717, 1.165) is 41.2 Å². The van der Waals surface area contributed by atoms with Gasteiger partial charge in [-0.15, -0.1) is 0 Å². The molecule has 0 spiro atoms. The first-order valence-corrected chi connectivity index (χ1v) is 10.2. The molecule has 0 bridgehead atoms. The van der Waals surface area contributed by atoms with Crippen molar-refractivity contribution in [3.05, 3.63) is 78.1 Å². The predicted molar refractivity (Wildman–Crippen MR) is 119 cm³/mol. The van der Waals surface area contributed by atoms with Crippen molar-refractivity contribution >= 4 is 23.0 Å². The zero-order valence-electron chi connectivity index (χ0n) is 17.0. The molecule has 0 saturated heterocycles. The van der Waals surface area contributed by atoms with Crippen LogP contribution < -0.4 is 20.7 Å². The number of nitrogens with zero attached hydrogens (tertiary/aromatic N) is 2. The molecule has 0 fully saturated rings. The number of benzene rings is 2. The highest BCUT2D eigenvalue weighted by atomic mass is 16.5. The molecule has 1 amide bonds. The van der Waals surface area contributed by atoms with Gasteiger partial charge >= 0.3 is 0 Å². The first-order valence-electron chi connectivity index (χ1n) is 10.2. The molecule has 0 radical (unpaired) electrons. The van der Waals surface area contributed by atoms with Crippen LogP contribution in [0, 0.1) is 6.92 Å².